The molecule has 0 spiro atoms. The number of likely N-dealkylation sites (tertiary alicyclic amines) is 1. The SMILES string of the molecule is CN=C(NCCc1cccc(Cl)c1)NC1CCN(Cc2ccccc2)CC1. The number of halogens is 1. The zero-order valence-corrected chi connectivity index (χ0v) is 16.8. The first-order chi connectivity index (χ1) is 13.2. The molecule has 1 saturated heterocycles. The second-order valence-electron chi connectivity index (χ2n) is 7.06. The summed E-state index contributed by atoms with van der Waals surface area (Å²) in [7, 11) is 1.83. The lowest BCUT2D eigenvalue weighted by atomic mass is 10.0. The van der Waals surface area contributed by atoms with Gasteiger partial charge in [0.2, 0.25) is 0 Å². The average Bonchev–Trinajstić information content (AvgIpc) is 2.69. The first-order valence-electron chi connectivity index (χ1n) is 9.71. The molecular weight excluding hydrogens is 356 g/mol. The molecule has 1 aliphatic heterocycles. The summed E-state index contributed by atoms with van der Waals surface area (Å²) in [5, 5.41) is 7.78. The predicted octanol–water partition coefficient (Wildman–Crippen LogP) is 3.71. The Hall–Kier alpha value is -2.04. The van der Waals surface area contributed by atoms with Gasteiger partial charge in [0.15, 0.2) is 5.96 Å². The summed E-state index contributed by atoms with van der Waals surface area (Å²) in [4.78, 5) is 6.90. The minimum atomic E-state index is 0.481. The van der Waals surface area contributed by atoms with Gasteiger partial charge >= 0.3 is 0 Å². The molecule has 0 radical (unpaired) electrons. The second-order valence-corrected chi connectivity index (χ2v) is 7.50. The van der Waals surface area contributed by atoms with Crippen molar-refractivity contribution in [2.24, 2.45) is 4.99 Å². The van der Waals surface area contributed by atoms with Crippen LogP contribution in [-0.4, -0.2) is 43.6 Å². The maximum Gasteiger partial charge on any atom is 0.191 e. The van der Waals surface area contributed by atoms with Crippen LogP contribution in [-0.2, 0) is 13.0 Å². The number of rotatable bonds is 6. The largest absolute Gasteiger partial charge is 0.356 e. The number of hydrogen-bond donors (Lipinski definition) is 2. The van der Waals surface area contributed by atoms with Crippen molar-refractivity contribution in [2.45, 2.75) is 31.8 Å². The van der Waals surface area contributed by atoms with Crippen LogP contribution in [0.5, 0.6) is 0 Å². The number of guanidine groups is 1. The van der Waals surface area contributed by atoms with E-state index in [-0.39, 0.29) is 0 Å². The fourth-order valence-electron chi connectivity index (χ4n) is 3.48. The van der Waals surface area contributed by atoms with Crippen LogP contribution in [0.2, 0.25) is 5.02 Å². The van der Waals surface area contributed by atoms with Crippen LogP contribution >= 0.6 is 11.6 Å². The Labute approximate surface area is 167 Å². The highest BCUT2D eigenvalue weighted by molar-refractivity contribution is 6.30. The minimum Gasteiger partial charge on any atom is -0.356 e. The van der Waals surface area contributed by atoms with Gasteiger partial charge in [-0.1, -0.05) is 54.1 Å². The molecule has 4 nitrogen and oxygen atoms in total. The lowest BCUT2D eigenvalue weighted by molar-refractivity contribution is 0.198. The maximum absolute atomic E-state index is 6.04. The average molecular weight is 385 g/mol. The smallest absolute Gasteiger partial charge is 0.191 e. The molecular formula is C22H29ClN4. The van der Waals surface area contributed by atoms with Crippen molar-refractivity contribution >= 4 is 17.6 Å². The van der Waals surface area contributed by atoms with Gasteiger partial charge in [-0.3, -0.25) is 9.89 Å². The minimum absolute atomic E-state index is 0.481. The molecule has 1 aliphatic rings. The Morgan fingerprint density at radius 2 is 1.81 bits per heavy atom. The maximum atomic E-state index is 6.04. The van der Waals surface area contributed by atoms with Crippen LogP contribution in [0.3, 0.4) is 0 Å². The normalized spacial score (nSPS) is 16.3. The van der Waals surface area contributed by atoms with E-state index >= 15 is 0 Å². The lowest BCUT2D eigenvalue weighted by Gasteiger charge is -2.33. The molecule has 1 fully saturated rings. The van der Waals surface area contributed by atoms with Crippen molar-refractivity contribution in [3.63, 3.8) is 0 Å². The summed E-state index contributed by atoms with van der Waals surface area (Å²) < 4.78 is 0. The Balaban J connectivity index is 1.38. The van der Waals surface area contributed by atoms with E-state index in [9.17, 15) is 0 Å². The molecule has 0 atom stereocenters. The summed E-state index contributed by atoms with van der Waals surface area (Å²) in [6.45, 7) is 4.12. The van der Waals surface area contributed by atoms with E-state index in [0.29, 0.717) is 6.04 Å². The Morgan fingerprint density at radius 1 is 1.07 bits per heavy atom. The van der Waals surface area contributed by atoms with Crippen LogP contribution in [0.1, 0.15) is 24.0 Å². The third-order valence-electron chi connectivity index (χ3n) is 5.00. The number of piperidine rings is 1. The van der Waals surface area contributed by atoms with E-state index in [1.807, 2.05) is 25.2 Å². The first-order valence-corrected chi connectivity index (χ1v) is 10.1. The molecule has 0 aromatic heterocycles. The fourth-order valence-corrected chi connectivity index (χ4v) is 3.70. The summed E-state index contributed by atoms with van der Waals surface area (Å²) in [5.41, 5.74) is 2.63. The third-order valence-corrected chi connectivity index (χ3v) is 5.23. The quantitative estimate of drug-likeness (QED) is 0.589. The topological polar surface area (TPSA) is 39.7 Å². The van der Waals surface area contributed by atoms with Crippen molar-refractivity contribution in [1.29, 1.82) is 0 Å². The highest BCUT2D eigenvalue weighted by Gasteiger charge is 2.19. The zero-order chi connectivity index (χ0) is 18.9. The van der Waals surface area contributed by atoms with Crippen molar-refractivity contribution < 1.29 is 0 Å². The van der Waals surface area contributed by atoms with E-state index in [1.54, 1.807) is 0 Å². The molecule has 0 unspecified atom stereocenters. The molecule has 2 aromatic rings. The Bertz CT molecular complexity index is 724. The monoisotopic (exact) mass is 384 g/mol. The number of benzene rings is 2. The number of hydrogen-bond acceptors (Lipinski definition) is 2. The van der Waals surface area contributed by atoms with E-state index < -0.39 is 0 Å². The van der Waals surface area contributed by atoms with Crippen LogP contribution in [0, 0.1) is 0 Å². The summed E-state index contributed by atoms with van der Waals surface area (Å²) >= 11 is 6.04. The second kappa shape index (κ2) is 10.3. The molecule has 1 heterocycles. The standard InChI is InChI=1S/C22H29ClN4/c1-24-22(25-13-10-18-8-5-9-20(23)16-18)26-21-11-14-27(15-12-21)17-19-6-3-2-4-7-19/h2-9,16,21H,10-15,17H2,1H3,(H2,24,25,26). The summed E-state index contributed by atoms with van der Waals surface area (Å²) in [6.07, 6.45) is 3.21. The molecule has 2 N–H and O–H groups in total. The van der Waals surface area contributed by atoms with Gasteiger partial charge in [0.05, 0.1) is 0 Å². The van der Waals surface area contributed by atoms with Crippen molar-refractivity contribution in [2.75, 3.05) is 26.7 Å². The van der Waals surface area contributed by atoms with E-state index in [1.165, 1.54) is 11.1 Å². The lowest BCUT2D eigenvalue weighted by Crippen LogP contribution is -2.48. The predicted molar refractivity (Wildman–Crippen MR) is 114 cm³/mol. The van der Waals surface area contributed by atoms with Gasteiger partial charge in [-0.05, 0) is 42.5 Å². The van der Waals surface area contributed by atoms with Crippen molar-refractivity contribution in [3.05, 3.63) is 70.7 Å². The number of aliphatic imine (C=N–C) groups is 1. The van der Waals surface area contributed by atoms with Gasteiger partial charge in [0.1, 0.15) is 0 Å². The molecule has 0 aliphatic carbocycles. The van der Waals surface area contributed by atoms with E-state index in [2.05, 4.69) is 56.9 Å². The summed E-state index contributed by atoms with van der Waals surface area (Å²) in [5.74, 6) is 0.888. The summed E-state index contributed by atoms with van der Waals surface area (Å²) in [6, 6.07) is 19.2. The number of nitrogens with one attached hydrogen (secondary N) is 2. The third kappa shape index (κ3) is 6.56. The van der Waals surface area contributed by atoms with Crippen LogP contribution in [0.25, 0.3) is 0 Å². The Kier molecular flexibility index (Phi) is 7.55. The fraction of sp³-hybridized carbons (Fsp3) is 0.409. The van der Waals surface area contributed by atoms with E-state index in [0.717, 1.165) is 56.4 Å². The van der Waals surface area contributed by atoms with Crippen LogP contribution in [0.4, 0.5) is 0 Å². The van der Waals surface area contributed by atoms with Crippen molar-refractivity contribution in [3.8, 4) is 0 Å². The van der Waals surface area contributed by atoms with Gasteiger partial charge in [0.25, 0.3) is 0 Å². The van der Waals surface area contributed by atoms with Crippen molar-refractivity contribution in [1.82, 2.24) is 15.5 Å². The van der Waals surface area contributed by atoms with Gasteiger partial charge in [-0.2, -0.15) is 0 Å². The first kappa shape index (κ1) is 19.7. The molecule has 0 bridgehead atoms. The molecule has 27 heavy (non-hydrogen) atoms. The zero-order valence-electron chi connectivity index (χ0n) is 16.0. The molecule has 0 saturated carbocycles. The van der Waals surface area contributed by atoms with Crippen LogP contribution < -0.4 is 10.6 Å². The van der Waals surface area contributed by atoms with E-state index in [4.69, 9.17) is 11.6 Å². The number of nitrogens with zero attached hydrogens (tertiary/aromatic N) is 2. The molecule has 144 valence electrons. The van der Waals surface area contributed by atoms with Gasteiger partial charge in [-0.15, -0.1) is 0 Å². The molecule has 0 amide bonds. The molecule has 2 aromatic carbocycles. The molecule has 3 rings (SSSR count). The van der Waals surface area contributed by atoms with Crippen LogP contribution in [0.15, 0.2) is 59.6 Å². The van der Waals surface area contributed by atoms with Gasteiger partial charge in [0, 0.05) is 44.3 Å². The highest BCUT2D eigenvalue weighted by atomic mass is 35.5. The highest BCUT2D eigenvalue weighted by Crippen LogP contribution is 2.14. The molecule has 5 heteroatoms. The van der Waals surface area contributed by atoms with Gasteiger partial charge < -0.3 is 10.6 Å². The van der Waals surface area contributed by atoms with Gasteiger partial charge in [-0.25, -0.2) is 0 Å². The Morgan fingerprint density at radius 3 is 2.52 bits per heavy atom.